The summed E-state index contributed by atoms with van der Waals surface area (Å²) in [7, 11) is 1.46. The van der Waals surface area contributed by atoms with Gasteiger partial charge < -0.3 is 20.3 Å². The zero-order valence-corrected chi connectivity index (χ0v) is 18.4. The summed E-state index contributed by atoms with van der Waals surface area (Å²) in [5, 5.41) is 14.3. The van der Waals surface area contributed by atoms with E-state index in [0.717, 1.165) is 12.8 Å². The molecular formula is C23H23FN6O4. The van der Waals surface area contributed by atoms with Crippen LogP contribution >= 0.6 is 0 Å². The Bertz CT molecular complexity index is 1390. The Morgan fingerprint density at radius 1 is 1.24 bits per heavy atom. The molecule has 0 radical (unpaired) electrons. The minimum Gasteiger partial charge on any atom is -0.481 e. The number of benzene rings is 1. The number of nitrogen functional groups attached to an aromatic ring is 1. The van der Waals surface area contributed by atoms with Gasteiger partial charge in [0.05, 0.1) is 43.3 Å². The third-order valence-electron chi connectivity index (χ3n) is 5.79. The minimum atomic E-state index is -0.439. The van der Waals surface area contributed by atoms with Crippen LogP contribution in [-0.2, 0) is 17.9 Å². The second kappa shape index (κ2) is 8.84. The number of hydrogen-bond acceptors (Lipinski definition) is 8. The fraction of sp³-hybridized carbons (Fsp3) is 0.304. The van der Waals surface area contributed by atoms with Gasteiger partial charge in [-0.25, -0.2) is 28.2 Å². The molecule has 4 heterocycles. The Morgan fingerprint density at radius 2 is 2.03 bits per heavy atom. The van der Waals surface area contributed by atoms with E-state index in [1.54, 1.807) is 24.3 Å². The zero-order chi connectivity index (χ0) is 23.8. The maximum absolute atomic E-state index is 13.6. The van der Waals surface area contributed by atoms with Crippen LogP contribution < -0.4 is 16.2 Å². The van der Waals surface area contributed by atoms with E-state index in [1.165, 1.54) is 28.3 Å². The summed E-state index contributed by atoms with van der Waals surface area (Å²) in [4.78, 5) is 21.9. The van der Waals surface area contributed by atoms with Crippen LogP contribution in [0, 0.1) is 5.82 Å². The van der Waals surface area contributed by atoms with Gasteiger partial charge >= 0.3 is 5.69 Å². The number of aromatic nitrogens is 5. The fourth-order valence-electron chi connectivity index (χ4n) is 4.18. The van der Waals surface area contributed by atoms with Gasteiger partial charge in [0.25, 0.3) is 0 Å². The average molecular weight is 466 g/mol. The topological polar surface area (TPSA) is 130 Å². The van der Waals surface area contributed by atoms with Crippen molar-refractivity contribution in [2.75, 3.05) is 19.5 Å². The number of nitrogens with two attached hydrogens (primary N) is 1. The largest absolute Gasteiger partial charge is 0.481 e. The van der Waals surface area contributed by atoms with Gasteiger partial charge in [0.1, 0.15) is 5.82 Å². The van der Waals surface area contributed by atoms with E-state index in [0.29, 0.717) is 34.7 Å². The summed E-state index contributed by atoms with van der Waals surface area (Å²) in [5.74, 6) is -0.183. The molecule has 1 aliphatic heterocycles. The van der Waals surface area contributed by atoms with Crippen LogP contribution in [0.3, 0.4) is 0 Å². The lowest BCUT2D eigenvalue weighted by Crippen LogP contribution is -2.28. The summed E-state index contributed by atoms with van der Waals surface area (Å²) in [5.41, 5.74) is 8.42. The van der Waals surface area contributed by atoms with E-state index in [-0.39, 0.29) is 36.7 Å². The average Bonchev–Trinajstić information content (AvgIpc) is 3.47. The van der Waals surface area contributed by atoms with Crippen LogP contribution in [0.4, 0.5) is 10.3 Å². The summed E-state index contributed by atoms with van der Waals surface area (Å²) in [6.45, 7) is 0.610. The van der Waals surface area contributed by atoms with Gasteiger partial charge in [-0.15, -0.1) is 5.10 Å². The molecule has 0 aliphatic carbocycles. The lowest BCUT2D eigenvalue weighted by molar-refractivity contribution is 0.0931. The summed E-state index contributed by atoms with van der Waals surface area (Å²) < 4.78 is 27.2. The standard InChI is InChI=1S/C23H23FN6O4/c1-33-18-10-14(9-16(12-31)26-18)19-20(13-4-6-15(24)7-5-13)27-22(25)30-21(19)28-29(23(30)32)11-17-3-2-8-34-17/h4-7,9-10,17,31H,2-3,8,11-12H2,1H3,(H2,25,27)/t17-/m1/s1. The number of aliphatic hydroxyl groups is 1. The number of hydrogen-bond donors (Lipinski definition) is 2. The van der Waals surface area contributed by atoms with Crippen molar-refractivity contribution in [1.29, 1.82) is 0 Å². The molecular weight excluding hydrogens is 443 g/mol. The van der Waals surface area contributed by atoms with Gasteiger partial charge in [0.2, 0.25) is 11.8 Å². The van der Waals surface area contributed by atoms with Crippen LogP contribution in [0.1, 0.15) is 18.5 Å². The van der Waals surface area contributed by atoms with E-state index in [4.69, 9.17) is 15.2 Å². The fourth-order valence-corrected chi connectivity index (χ4v) is 4.18. The van der Waals surface area contributed by atoms with Crippen molar-refractivity contribution in [2.45, 2.75) is 32.1 Å². The van der Waals surface area contributed by atoms with E-state index in [1.807, 2.05) is 0 Å². The monoisotopic (exact) mass is 466 g/mol. The molecule has 1 aromatic carbocycles. The van der Waals surface area contributed by atoms with Crippen molar-refractivity contribution >= 4 is 11.6 Å². The summed E-state index contributed by atoms with van der Waals surface area (Å²) in [6.07, 6.45) is 1.65. The normalized spacial score (nSPS) is 15.8. The number of anilines is 1. The Hall–Kier alpha value is -3.83. The number of fused-ring (bicyclic) bond motifs is 1. The smallest absolute Gasteiger partial charge is 0.353 e. The molecule has 0 unspecified atom stereocenters. The van der Waals surface area contributed by atoms with Crippen LogP contribution in [-0.4, -0.2) is 49.1 Å². The highest BCUT2D eigenvalue weighted by molar-refractivity contribution is 5.91. The molecule has 1 fully saturated rings. The van der Waals surface area contributed by atoms with E-state index in [2.05, 4.69) is 15.1 Å². The van der Waals surface area contributed by atoms with E-state index >= 15 is 0 Å². The number of pyridine rings is 1. The third kappa shape index (κ3) is 3.88. The van der Waals surface area contributed by atoms with Crippen molar-refractivity contribution in [1.82, 2.24) is 24.1 Å². The first-order valence-corrected chi connectivity index (χ1v) is 10.8. The van der Waals surface area contributed by atoms with E-state index in [9.17, 15) is 14.3 Å². The summed E-state index contributed by atoms with van der Waals surface area (Å²) >= 11 is 0. The predicted octanol–water partition coefficient (Wildman–Crippen LogP) is 2.02. The predicted molar refractivity (Wildman–Crippen MR) is 122 cm³/mol. The van der Waals surface area contributed by atoms with Crippen LogP contribution in [0.2, 0.25) is 0 Å². The molecule has 1 saturated heterocycles. The second-order valence-electron chi connectivity index (χ2n) is 8.01. The Kier molecular flexibility index (Phi) is 5.72. The van der Waals surface area contributed by atoms with Crippen LogP contribution in [0.15, 0.2) is 41.2 Å². The highest BCUT2D eigenvalue weighted by Gasteiger charge is 2.24. The summed E-state index contributed by atoms with van der Waals surface area (Å²) in [6, 6.07) is 9.09. The van der Waals surface area contributed by atoms with Crippen molar-refractivity contribution < 1.29 is 19.0 Å². The molecule has 0 saturated carbocycles. The molecule has 3 aromatic heterocycles. The number of ether oxygens (including phenoxy) is 2. The Labute approximate surface area is 193 Å². The van der Waals surface area contributed by atoms with Gasteiger partial charge in [-0.3, -0.25) is 0 Å². The molecule has 4 aromatic rings. The van der Waals surface area contributed by atoms with Gasteiger partial charge in [0, 0.05) is 18.2 Å². The van der Waals surface area contributed by atoms with E-state index < -0.39 is 11.5 Å². The van der Waals surface area contributed by atoms with Crippen molar-refractivity contribution in [3.63, 3.8) is 0 Å². The first-order valence-electron chi connectivity index (χ1n) is 10.8. The Balaban J connectivity index is 1.81. The lowest BCUT2D eigenvalue weighted by Gasteiger charge is -2.13. The first-order chi connectivity index (χ1) is 16.5. The number of halogens is 1. The molecule has 34 heavy (non-hydrogen) atoms. The molecule has 11 heteroatoms. The van der Waals surface area contributed by atoms with Crippen molar-refractivity contribution in [3.8, 4) is 28.3 Å². The molecule has 1 atom stereocenters. The molecule has 1 aliphatic rings. The highest BCUT2D eigenvalue weighted by atomic mass is 19.1. The van der Waals surface area contributed by atoms with Gasteiger partial charge in [0.15, 0.2) is 5.65 Å². The number of rotatable bonds is 6. The zero-order valence-electron chi connectivity index (χ0n) is 18.4. The third-order valence-corrected chi connectivity index (χ3v) is 5.79. The molecule has 0 amide bonds. The quantitative estimate of drug-likeness (QED) is 0.442. The SMILES string of the molecule is COc1cc(-c2c(-c3ccc(F)cc3)nc(N)n3c(=O)n(C[C@H]4CCCO4)nc23)cc(CO)n1. The molecule has 3 N–H and O–H groups in total. The maximum Gasteiger partial charge on any atom is 0.353 e. The number of methoxy groups -OCH3 is 1. The van der Waals surface area contributed by atoms with Gasteiger partial charge in [-0.2, -0.15) is 0 Å². The first kappa shape index (κ1) is 22.0. The lowest BCUT2D eigenvalue weighted by atomic mass is 10.00. The van der Waals surface area contributed by atoms with Crippen molar-refractivity contribution in [2.24, 2.45) is 0 Å². The number of aliphatic hydroxyl groups excluding tert-OH is 1. The van der Waals surface area contributed by atoms with Gasteiger partial charge in [-0.1, -0.05) is 0 Å². The Morgan fingerprint density at radius 3 is 2.71 bits per heavy atom. The second-order valence-corrected chi connectivity index (χ2v) is 8.01. The van der Waals surface area contributed by atoms with Crippen LogP contribution in [0.25, 0.3) is 28.0 Å². The molecule has 176 valence electrons. The number of nitrogens with zero attached hydrogens (tertiary/aromatic N) is 5. The highest BCUT2D eigenvalue weighted by Crippen LogP contribution is 2.36. The maximum atomic E-state index is 13.6. The molecule has 10 nitrogen and oxygen atoms in total. The molecule has 0 spiro atoms. The van der Waals surface area contributed by atoms with Crippen LogP contribution in [0.5, 0.6) is 5.88 Å². The minimum absolute atomic E-state index is 0.0509. The van der Waals surface area contributed by atoms with Gasteiger partial charge in [-0.05, 0) is 48.7 Å². The van der Waals surface area contributed by atoms with Crippen molar-refractivity contribution in [3.05, 3.63) is 58.4 Å². The molecule has 0 bridgehead atoms. The molecule has 5 rings (SSSR count).